The monoisotopic (exact) mass is 227 g/mol. The number of nitrogens with one attached hydrogen (secondary N) is 1. The van der Waals surface area contributed by atoms with E-state index in [1.807, 2.05) is 0 Å². The molecule has 0 saturated heterocycles. The molecule has 86 valence electrons. The largest absolute Gasteiger partial charge is 0.379 e. The zero-order valence-corrected chi connectivity index (χ0v) is 10.9. The predicted molar refractivity (Wildman–Crippen MR) is 66.3 cm³/mol. The van der Waals surface area contributed by atoms with Gasteiger partial charge in [0.2, 0.25) is 0 Å². The van der Waals surface area contributed by atoms with Crippen LogP contribution in [0.25, 0.3) is 0 Å². The highest BCUT2D eigenvalue weighted by atomic mass is 32.1. The quantitative estimate of drug-likeness (QED) is 0.806. The highest BCUT2D eigenvalue weighted by Crippen LogP contribution is 2.16. The van der Waals surface area contributed by atoms with E-state index in [4.69, 9.17) is 4.74 Å². The molecule has 0 bridgehead atoms. The summed E-state index contributed by atoms with van der Waals surface area (Å²) in [5.74, 6) is 0. The first-order valence-corrected chi connectivity index (χ1v) is 6.22. The van der Waals surface area contributed by atoms with Crippen LogP contribution in [0.4, 0.5) is 0 Å². The normalized spacial score (nSPS) is 14.1. The minimum absolute atomic E-state index is 0.0398. The van der Waals surface area contributed by atoms with E-state index in [-0.39, 0.29) is 5.60 Å². The molecule has 0 radical (unpaired) electrons. The molecule has 1 heterocycles. The molecule has 0 aromatic carbocycles. The minimum atomic E-state index is -0.0398. The smallest absolute Gasteiger partial charge is 0.0637 e. The van der Waals surface area contributed by atoms with Crippen LogP contribution in [0.1, 0.15) is 32.1 Å². The van der Waals surface area contributed by atoms with E-state index in [0.717, 1.165) is 13.0 Å². The van der Waals surface area contributed by atoms with Crippen LogP contribution in [0, 0.1) is 0 Å². The second-order valence-electron chi connectivity index (χ2n) is 4.53. The van der Waals surface area contributed by atoms with Gasteiger partial charge in [-0.3, -0.25) is 0 Å². The van der Waals surface area contributed by atoms with Crippen molar-refractivity contribution < 1.29 is 4.74 Å². The molecule has 0 spiro atoms. The molecule has 0 fully saturated rings. The number of methoxy groups -OCH3 is 1. The van der Waals surface area contributed by atoms with E-state index in [1.165, 1.54) is 4.88 Å². The van der Waals surface area contributed by atoms with Crippen LogP contribution in [0.2, 0.25) is 0 Å². The van der Waals surface area contributed by atoms with Crippen molar-refractivity contribution in [2.75, 3.05) is 7.11 Å². The number of rotatable bonds is 6. The van der Waals surface area contributed by atoms with Crippen molar-refractivity contribution in [2.45, 2.75) is 45.4 Å². The third-order valence-corrected chi connectivity index (χ3v) is 3.43. The molecule has 1 unspecified atom stereocenters. The Morgan fingerprint density at radius 3 is 2.80 bits per heavy atom. The Kier molecular flexibility index (Phi) is 4.77. The number of ether oxygens (including phenoxy) is 1. The highest BCUT2D eigenvalue weighted by molar-refractivity contribution is 7.09. The zero-order chi connectivity index (χ0) is 11.3. The fourth-order valence-corrected chi connectivity index (χ4v) is 2.24. The molecule has 0 amide bonds. The van der Waals surface area contributed by atoms with Gasteiger partial charge in [0.05, 0.1) is 5.60 Å². The minimum Gasteiger partial charge on any atom is -0.379 e. The highest BCUT2D eigenvalue weighted by Gasteiger charge is 2.19. The van der Waals surface area contributed by atoms with E-state index in [2.05, 4.69) is 43.6 Å². The summed E-state index contributed by atoms with van der Waals surface area (Å²) in [6.45, 7) is 7.40. The summed E-state index contributed by atoms with van der Waals surface area (Å²) < 4.78 is 5.41. The van der Waals surface area contributed by atoms with Gasteiger partial charge in [0, 0.05) is 24.6 Å². The SMILES string of the molecule is COC(C)(C)CC(C)NCc1cccs1. The lowest BCUT2D eigenvalue weighted by molar-refractivity contribution is 0.00847. The summed E-state index contributed by atoms with van der Waals surface area (Å²) in [4.78, 5) is 1.39. The fourth-order valence-electron chi connectivity index (χ4n) is 1.58. The lowest BCUT2D eigenvalue weighted by Gasteiger charge is -2.27. The molecule has 0 aliphatic heterocycles. The average Bonchev–Trinajstić information content (AvgIpc) is 2.66. The van der Waals surface area contributed by atoms with Gasteiger partial charge in [-0.25, -0.2) is 0 Å². The number of hydrogen-bond donors (Lipinski definition) is 1. The summed E-state index contributed by atoms with van der Waals surface area (Å²) in [6.07, 6.45) is 1.02. The van der Waals surface area contributed by atoms with Crippen LogP contribution in [0.5, 0.6) is 0 Å². The third kappa shape index (κ3) is 4.78. The fraction of sp³-hybridized carbons (Fsp3) is 0.667. The predicted octanol–water partition coefficient (Wildman–Crippen LogP) is 3.04. The molecule has 2 nitrogen and oxygen atoms in total. The summed E-state index contributed by atoms with van der Waals surface area (Å²) in [5.41, 5.74) is -0.0398. The second kappa shape index (κ2) is 5.64. The van der Waals surface area contributed by atoms with Crippen molar-refractivity contribution in [3.8, 4) is 0 Å². The molecule has 1 rings (SSSR count). The maximum Gasteiger partial charge on any atom is 0.0637 e. The van der Waals surface area contributed by atoms with Gasteiger partial charge in [0.15, 0.2) is 0 Å². The van der Waals surface area contributed by atoms with Crippen molar-refractivity contribution >= 4 is 11.3 Å². The Hall–Kier alpha value is -0.380. The molecule has 1 aromatic rings. The lowest BCUT2D eigenvalue weighted by Crippen LogP contribution is -2.35. The van der Waals surface area contributed by atoms with Crippen molar-refractivity contribution in [2.24, 2.45) is 0 Å². The topological polar surface area (TPSA) is 21.3 Å². The van der Waals surface area contributed by atoms with Crippen LogP contribution in [-0.2, 0) is 11.3 Å². The first-order chi connectivity index (χ1) is 7.03. The maximum atomic E-state index is 5.41. The second-order valence-corrected chi connectivity index (χ2v) is 5.56. The van der Waals surface area contributed by atoms with Crippen LogP contribution in [0.15, 0.2) is 17.5 Å². The molecule has 1 atom stereocenters. The van der Waals surface area contributed by atoms with E-state index in [0.29, 0.717) is 6.04 Å². The van der Waals surface area contributed by atoms with Gasteiger partial charge >= 0.3 is 0 Å². The van der Waals surface area contributed by atoms with E-state index in [1.54, 1.807) is 18.4 Å². The number of hydrogen-bond acceptors (Lipinski definition) is 3. The first-order valence-electron chi connectivity index (χ1n) is 5.34. The van der Waals surface area contributed by atoms with E-state index < -0.39 is 0 Å². The van der Waals surface area contributed by atoms with Crippen LogP contribution >= 0.6 is 11.3 Å². The van der Waals surface area contributed by atoms with Gasteiger partial charge in [-0.15, -0.1) is 11.3 Å². The van der Waals surface area contributed by atoms with Gasteiger partial charge in [-0.1, -0.05) is 6.07 Å². The Labute approximate surface area is 96.7 Å². The average molecular weight is 227 g/mol. The Balaban J connectivity index is 2.27. The van der Waals surface area contributed by atoms with E-state index in [9.17, 15) is 0 Å². The van der Waals surface area contributed by atoms with Gasteiger partial charge in [0.1, 0.15) is 0 Å². The standard InChI is InChI=1S/C12H21NOS/c1-10(8-12(2,3)14-4)13-9-11-6-5-7-15-11/h5-7,10,13H,8-9H2,1-4H3. The lowest BCUT2D eigenvalue weighted by atomic mass is 10.00. The van der Waals surface area contributed by atoms with Crippen LogP contribution in [0.3, 0.4) is 0 Å². The Morgan fingerprint density at radius 1 is 1.53 bits per heavy atom. The molecular weight excluding hydrogens is 206 g/mol. The summed E-state index contributed by atoms with van der Waals surface area (Å²) in [5, 5.41) is 5.62. The van der Waals surface area contributed by atoms with Gasteiger partial charge in [-0.2, -0.15) is 0 Å². The number of thiophene rings is 1. The summed E-state index contributed by atoms with van der Waals surface area (Å²) in [7, 11) is 1.77. The van der Waals surface area contributed by atoms with Gasteiger partial charge < -0.3 is 10.1 Å². The molecule has 1 aromatic heterocycles. The molecule has 3 heteroatoms. The maximum absolute atomic E-state index is 5.41. The third-order valence-electron chi connectivity index (χ3n) is 2.56. The van der Waals surface area contributed by atoms with Crippen molar-refractivity contribution in [3.05, 3.63) is 22.4 Å². The first kappa shape index (κ1) is 12.7. The molecular formula is C12H21NOS. The van der Waals surface area contributed by atoms with E-state index >= 15 is 0 Å². The summed E-state index contributed by atoms with van der Waals surface area (Å²) >= 11 is 1.79. The molecule has 15 heavy (non-hydrogen) atoms. The van der Waals surface area contributed by atoms with Crippen molar-refractivity contribution in [1.82, 2.24) is 5.32 Å². The molecule has 0 aliphatic carbocycles. The Morgan fingerprint density at radius 2 is 2.27 bits per heavy atom. The summed E-state index contributed by atoms with van der Waals surface area (Å²) in [6, 6.07) is 4.72. The Bertz CT molecular complexity index is 269. The molecule has 0 saturated carbocycles. The van der Waals surface area contributed by atoms with Gasteiger partial charge in [0.25, 0.3) is 0 Å². The van der Waals surface area contributed by atoms with Crippen molar-refractivity contribution in [3.63, 3.8) is 0 Å². The zero-order valence-electron chi connectivity index (χ0n) is 10.0. The molecule has 0 aliphatic rings. The van der Waals surface area contributed by atoms with Crippen LogP contribution < -0.4 is 5.32 Å². The molecule has 1 N–H and O–H groups in total. The van der Waals surface area contributed by atoms with Gasteiger partial charge in [-0.05, 0) is 38.6 Å². The van der Waals surface area contributed by atoms with Crippen LogP contribution in [-0.4, -0.2) is 18.8 Å². The van der Waals surface area contributed by atoms with Crippen molar-refractivity contribution in [1.29, 1.82) is 0 Å².